The van der Waals surface area contributed by atoms with Crippen LogP contribution in [0.3, 0.4) is 0 Å². The average molecular weight is 266 g/mol. The average Bonchev–Trinajstić information content (AvgIpc) is 2.58. The van der Waals surface area contributed by atoms with Crippen molar-refractivity contribution in [3.63, 3.8) is 0 Å². The Balaban J connectivity index is 2.01. The maximum atomic E-state index is 10.9. The fourth-order valence-electron chi connectivity index (χ4n) is 2.22. The van der Waals surface area contributed by atoms with Gasteiger partial charge in [0.25, 0.3) is 10.1 Å². The SMILES string of the molecule is C[C@@H]1O[C@H](COS(C)(=O)=O)[C@H]2OC(C)(C)O[C@H]21. The van der Waals surface area contributed by atoms with E-state index < -0.39 is 22.0 Å². The molecule has 0 saturated carbocycles. The monoisotopic (exact) mass is 266 g/mol. The zero-order valence-corrected chi connectivity index (χ0v) is 11.2. The molecule has 0 aromatic heterocycles. The van der Waals surface area contributed by atoms with Crippen LogP contribution in [0.1, 0.15) is 20.8 Å². The maximum absolute atomic E-state index is 10.9. The van der Waals surface area contributed by atoms with Crippen molar-refractivity contribution >= 4 is 10.1 Å². The van der Waals surface area contributed by atoms with E-state index in [2.05, 4.69) is 0 Å². The van der Waals surface area contributed by atoms with E-state index in [1.165, 1.54) is 0 Å². The zero-order chi connectivity index (χ0) is 12.8. The molecule has 2 rings (SSSR count). The van der Waals surface area contributed by atoms with E-state index in [9.17, 15) is 8.42 Å². The van der Waals surface area contributed by atoms with Gasteiger partial charge in [-0.25, -0.2) is 0 Å². The van der Waals surface area contributed by atoms with Gasteiger partial charge in [0.05, 0.1) is 19.0 Å². The third-order valence-electron chi connectivity index (χ3n) is 2.83. The van der Waals surface area contributed by atoms with Crippen molar-refractivity contribution in [1.82, 2.24) is 0 Å². The molecule has 0 bridgehead atoms. The predicted octanol–water partition coefficient (Wildman–Crippen LogP) is 0.270. The highest BCUT2D eigenvalue weighted by Gasteiger charge is 2.53. The smallest absolute Gasteiger partial charge is 0.264 e. The lowest BCUT2D eigenvalue weighted by atomic mass is 10.1. The first-order valence-electron chi connectivity index (χ1n) is 5.53. The Morgan fingerprint density at radius 1 is 1.24 bits per heavy atom. The summed E-state index contributed by atoms with van der Waals surface area (Å²) in [4.78, 5) is 0. The first-order valence-corrected chi connectivity index (χ1v) is 7.35. The van der Waals surface area contributed by atoms with Gasteiger partial charge < -0.3 is 14.2 Å². The maximum Gasteiger partial charge on any atom is 0.264 e. The summed E-state index contributed by atoms with van der Waals surface area (Å²) in [6.07, 6.45) is 0.0278. The highest BCUT2D eigenvalue weighted by atomic mass is 32.2. The van der Waals surface area contributed by atoms with Crippen LogP contribution in [0, 0.1) is 0 Å². The Hall–Kier alpha value is -0.210. The Morgan fingerprint density at radius 2 is 1.82 bits per heavy atom. The summed E-state index contributed by atoms with van der Waals surface area (Å²) in [5.74, 6) is -0.656. The molecule has 0 radical (unpaired) electrons. The molecule has 0 spiro atoms. The van der Waals surface area contributed by atoms with Crippen molar-refractivity contribution in [1.29, 1.82) is 0 Å². The summed E-state index contributed by atoms with van der Waals surface area (Å²) in [6.45, 7) is 5.49. The fourth-order valence-corrected chi connectivity index (χ4v) is 2.60. The van der Waals surface area contributed by atoms with Crippen LogP contribution >= 0.6 is 0 Å². The van der Waals surface area contributed by atoms with E-state index in [1.54, 1.807) is 0 Å². The second-order valence-electron chi connectivity index (χ2n) is 4.93. The van der Waals surface area contributed by atoms with E-state index in [1.807, 2.05) is 20.8 Å². The molecule has 4 atom stereocenters. The normalized spacial score (nSPS) is 40.5. The van der Waals surface area contributed by atoms with Gasteiger partial charge in [-0.2, -0.15) is 8.42 Å². The van der Waals surface area contributed by atoms with E-state index in [0.717, 1.165) is 6.26 Å². The minimum Gasteiger partial charge on any atom is -0.367 e. The molecule has 2 fully saturated rings. The summed E-state index contributed by atoms with van der Waals surface area (Å²) >= 11 is 0. The first-order chi connectivity index (χ1) is 7.68. The van der Waals surface area contributed by atoms with Gasteiger partial charge in [0.15, 0.2) is 5.79 Å². The molecule has 7 heteroatoms. The van der Waals surface area contributed by atoms with Crippen molar-refractivity contribution in [3.05, 3.63) is 0 Å². The number of hydrogen-bond acceptors (Lipinski definition) is 6. The van der Waals surface area contributed by atoms with Gasteiger partial charge in [0, 0.05) is 0 Å². The van der Waals surface area contributed by atoms with E-state index in [-0.39, 0.29) is 24.9 Å². The van der Waals surface area contributed by atoms with Gasteiger partial charge in [-0.05, 0) is 20.8 Å². The lowest BCUT2D eigenvalue weighted by Gasteiger charge is -2.22. The largest absolute Gasteiger partial charge is 0.367 e. The first kappa shape index (κ1) is 13.2. The van der Waals surface area contributed by atoms with Crippen LogP contribution in [-0.2, 0) is 28.5 Å². The molecule has 2 saturated heterocycles. The van der Waals surface area contributed by atoms with Crippen LogP contribution in [0.15, 0.2) is 0 Å². The third-order valence-corrected chi connectivity index (χ3v) is 3.39. The molecule has 100 valence electrons. The van der Waals surface area contributed by atoms with Crippen LogP contribution < -0.4 is 0 Å². The molecular formula is C10H18O6S. The molecule has 2 aliphatic rings. The lowest BCUT2D eigenvalue weighted by molar-refractivity contribution is -0.187. The molecular weight excluding hydrogens is 248 g/mol. The lowest BCUT2D eigenvalue weighted by Crippen LogP contribution is -2.33. The molecule has 0 unspecified atom stereocenters. The van der Waals surface area contributed by atoms with Gasteiger partial charge in [-0.1, -0.05) is 0 Å². The van der Waals surface area contributed by atoms with Gasteiger partial charge in [0.2, 0.25) is 0 Å². The molecule has 0 N–H and O–H groups in total. The summed E-state index contributed by atoms with van der Waals surface area (Å²) in [5, 5.41) is 0. The van der Waals surface area contributed by atoms with Crippen molar-refractivity contribution < 1.29 is 26.8 Å². The molecule has 0 aromatic rings. The highest BCUT2D eigenvalue weighted by Crippen LogP contribution is 2.38. The molecule has 0 amide bonds. The van der Waals surface area contributed by atoms with E-state index in [0.29, 0.717) is 0 Å². The van der Waals surface area contributed by atoms with Gasteiger partial charge in [-0.3, -0.25) is 4.18 Å². The van der Waals surface area contributed by atoms with Gasteiger partial charge >= 0.3 is 0 Å². The number of hydrogen-bond donors (Lipinski definition) is 0. The number of rotatable bonds is 3. The second-order valence-corrected chi connectivity index (χ2v) is 6.58. The molecule has 2 aliphatic heterocycles. The zero-order valence-electron chi connectivity index (χ0n) is 10.4. The van der Waals surface area contributed by atoms with Crippen LogP contribution in [0.4, 0.5) is 0 Å². The standard InChI is InChI=1S/C10H18O6S/c1-6-8-9(16-10(2,3)15-8)7(14-6)5-13-17(4,11)12/h6-9H,5H2,1-4H3/t6-,7+,8-,9+/m0/s1. The molecule has 0 aromatic carbocycles. The molecule has 0 aliphatic carbocycles. The van der Waals surface area contributed by atoms with Crippen molar-refractivity contribution in [3.8, 4) is 0 Å². The number of fused-ring (bicyclic) bond motifs is 1. The van der Waals surface area contributed by atoms with Crippen LogP contribution in [0.25, 0.3) is 0 Å². The minimum atomic E-state index is -3.46. The molecule has 2 heterocycles. The Morgan fingerprint density at radius 3 is 2.41 bits per heavy atom. The summed E-state index contributed by atoms with van der Waals surface area (Å²) < 4.78 is 43.6. The fraction of sp³-hybridized carbons (Fsp3) is 1.00. The summed E-state index contributed by atoms with van der Waals surface area (Å²) in [7, 11) is -3.46. The second kappa shape index (κ2) is 4.17. The quantitative estimate of drug-likeness (QED) is 0.683. The predicted molar refractivity (Wildman–Crippen MR) is 59.0 cm³/mol. The van der Waals surface area contributed by atoms with E-state index >= 15 is 0 Å². The summed E-state index contributed by atoms with van der Waals surface area (Å²) in [5.41, 5.74) is 0. The van der Waals surface area contributed by atoms with Gasteiger partial charge in [0.1, 0.15) is 18.3 Å². The third kappa shape index (κ3) is 2.97. The summed E-state index contributed by atoms with van der Waals surface area (Å²) in [6, 6.07) is 0. The van der Waals surface area contributed by atoms with Crippen LogP contribution in [0.2, 0.25) is 0 Å². The van der Waals surface area contributed by atoms with Crippen LogP contribution in [-0.4, -0.2) is 51.5 Å². The number of ether oxygens (including phenoxy) is 3. The topological polar surface area (TPSA) is 71.1 Å². The highest BCUT2D eigenvalue weighted by molar-refractivity contribution is 7.85. The van der Waals surface area contributed by atoms with E-state index in [4.69, 9.17) is 18.4 Å². The Labute approximate surface area is 101 Å². The van der Waals surface area contributed by atoms with Crippen molar-refractivity contribution in [2.24, 2.45) is 0 Å². The van der Waals surface area contributed by atoms with Crippen LogP contribution in [0.5, 0.6) is 0 Å². The van der Waals surface area contributed by atoms with Crippen molar-refractivity contribution in [2.75, 3.05) is 12.9 Å². The minimum absolute atomic E-state index is 0.0379. The Kier molecular flexibility index (Phi) is 3.24. The Bertz CT molecular complexity index is 390. The molecule has 17 heavy (non-hydrogen) atoms. The van der Waals surface area contributed by atoms with Crippen molar-refractivity contribution in [2.45, 2.75) is 51.0 Å². The molecule has 6 nitrogen and oxygen atoms in total. The van der Waals surface area contributed by atoms with Gasteiger partial charge in [-0.15, -0.1) is 0 Å².